The van der Waals surface area contributed by atoms with Crippen molar-refractivity contribution in [3.8, 4) is 0 Å². The van der Waals surface area contributed by atoms with Gasteiger partial charge in [-0.05, 0) is 48.7 Å². The van der Waals surface area contributed by atoms with Crippen LogP contribution in [0, 0.1) is 12.8 Å². The van der Waals surface area contributed by atoms with Crippen LogP contribution in [0.2, 0.25) is 5.02 Å². The Morgan fingerprint density at radius 2 is 1.62 bits per heavy atom. The molecule has 0 aliphatic rings. The largest absolute Gasteiger partial charge is 0.340 e. The van der Waals surface area contributed by atoms with Gasteiger partial charge in [0.15, 0.2) is 0 Å². The minimum absolute atomic E-state index is 0.0507. The summed E-state index contributed by atoms with van der Waals surface area (Å²) in [5.41, 5.74) is 2.08. The van der Waals surface area contributed by atoms with Crippen molar-refractivity contribution < 1.29 is 9.59 Å². The molecule has 0 bridgehead atoms. The first-order valence-electron chi connectivity index (χ1n) is 7.81. The van der Waals surface area contributed by atoms with Crippen LogP contribution in [0.15, 0.2) is 48.5 Å². The van der Waals surface area contributed by atoms with Crippen LogP contribution in [-0.2, 0) is 4.79 Å². The van der Waals surface area contributed by atoms with Gasteiger partial charge in [0.1, 0.15) is 6.04 Å². The molecule has 0 saturated carbocycles. The fraction of sp³-hybridized carbons (Fsp3) is 0.263. The first-order valence-corrected chi connectivity index (χ1v) is 8.19. The van der Waals surface area contributed by atoms with Crippen LogP contribution in [0.1, 0.15) is 29.8 Å². The number of hydrogen-bond donors (Lipinski definition) is 2. The lowest BCUT2D eigenvalue weighted by molar-refractivity contribution is -0.118. The summed E-state index contributed by atoms with van der Waals surface area (Å²) < 4.78 is 0. The van der Waals surface area contributed by atoms with Gasteiger partial charge in [0.05, 0.1) is 0 Å². The Labute approximate surface area is 147 Å². The van der Waals surface area contributed by atoms with Crippen molar-refractivity contribution >= 4 is 29.1 Å². The normalized spacial score (nSPS) is 11.9. The van der Waals surface area contributed by atoms with Crippen molar-refractivity contribution in [1.29, 1.82) is 0 Å². The van der Waals surface area contributed by atoms with E-state index in [0.717, 1.165) is 5.56 Å². The predicted octanol–water partition coefficient (Wildman–Crippen LogP) is 4.04. The molecule has 2 N–H and O–H groups in total. The average molecular weight is 345 g/mol. The van der Waals surface area contributed by atoms with E-state index in [0.29, 0.717) is 16.3 Å². The molecule has 1 atom stereocenters. The molecule has 0 heterocycles. The van der Waals surface area contributed by atoms with Crippen molar-refractivity contribution in [3.05, 3.63) is 64.7 Å². The molecule has 24 heavy (non-hydrogen) atoms. The molecule has 2 amide bonds. The smallest absolute Gasteiger partial charge is 0.252 e. The number of carbonyl (C=O) groups is 2. The number of carbonyl (C=O) groups excluding carboxylic acids is 2. The number of aryl methyl sites for hydroxylation is 1. The van der Waals surface area contributed by atoms with Gasteiger partial charge in [-0.1, -0.05) is 43.6 Å². The molecule has 2 aromatic carbocycles. The molecule has 2 rings (SSSR count). The van der Waals surface area contributed by atoms with Crippen molar-refractivity contribution in [2.24, 2.45) is 5.92 Å². The maximum absolute atomic E-state index is 12.5. The Morgan fingerprint density at radius 3 is 2.21 bits per heavy atom. The maximum Gasteiger partial charge on any atom is 0.252 e. The average Bonchev–Trinajstić information content (AvgIpc) is 2.54. The van der Waals surface area contributed by atoms with Gasteiger partial charge < -0.3 is 10.6 Å². The molecule has 0 fully saturated rings. The molecule has 0 aliphatic carbocycles. The number of hydrogen-bond acceptors (Lipinski definition) is 2. The third-order valence-electron chi connectivity index (χ3n) is 3.74. The zero-order valence-electron chi connectivity index (χ0n) is 14.0. The van der Waals surface area contributed by atoms with E-state index in [4.69, 9.17) is 11.6 Å². The molecule has 0 aromatic heterocycles. The monoisotopic (exact) mass is 344 g/mol. The van der Waals surface area contributed by atoms with Gasteiger partial charge in [-0.15, -0.1) is 0 Å². The predicted molar refractivity (Wildman–Crippen MR) is 97.4 cm³/mol. The fourth-order valence-corrected chi connectivity index (χ4v) is 2.46. The Morgan fingerprint density at radius 1 is 1.00 bits per heavy atom. The first kappa shape index (κ1) is 18.0. The van der Waals surface area contributed by atoms with E-state index < -0.39 is 6.04 Å². The second kappa shape index (κ2) is 7.97. The molecule has 2 aromatic rings. The SMILES string of the molecule is Cc1ccccc1C(=O)NC(C(=O)Nc1ccc(Cl)cc1)C(C)C. The zero-order chi connectivity index (χ0) is 17.7. The van der Waals surface area contributed by atoms with Crippen molar-refractivity contribution in [2.75, 3.05) is 5.32 Å². The van der Waals surface area contributed by atoms with E-state index in [1.165, 1.54) is 0 Å². The highest BCUT2D eigenvalue weighted by Crippen LogP contribution is 2.15. The van der Waals surface area contributed by atoms with Gasteiger partial charge in [0.2, 0.25) is 5.91 Å². The van der Waals surface area contributed by atoms with E-state index in [9.17, 15) is 9.59 Å². The highest BCUT2D eigenvalue weighted by atomic mass is 35.5. The lowest BCUT2D eigenvalue weighted by Crippen LogP contribution is -2.47. The fourth-order valence-electron chi connectivity index (χ4n) is 2.33. The second-order valence-electron chi connectivity index (χ2n) is 6.01. The number of nitrogens with one attached hydrogen (secondary N) is 2. The van der Waals surface area contributed by atoms with Crippen LogP contribution in [0.4, 0.5) is 5.69 Å². The van der Waals surface area contributed by atoms with E-state index in [-0.39, 0.29) is 17.7 Å². The van der Waals surface area contributed by atoms with Crippen LogP contribution in [0.5, 0.6) is 0 Å². The minimum atomic E-state index is -0.632. The molecule has 126 valence electrons. The van der Waals surface area contributed by atoms with Gasteiger partial charge in [0.25, 0.3) is 5.91 Å². The van der Waals surface area contributed by atoms with Crippen LogP contribution < -0.4 is 10.6 Å². The number of amides is 2. The lowest BCUT2D eigenvalue weighted by atomic mass is 10.0. The molecule has 0 aliphatic heterocycles. The van der Waals surface area contributed by atoms with Gasteiger partial charge >= 0.3 is 0 Å². The Kier molecular flexibility index (Phi) is 5.99. The minimum Gasteiger partial charge on any atom is -0.340 e. The van der Waals surface area contributed by atoms with Gasteiger partial charge in [-0.25, -0.2) is 0 Å². The lowest BCUT2D eigenvalue weighted by Gasteiger charge is -2.22. The topological polar surface area (TPSA) is 58.2 Å². The molecular formula is C19H21ClN2O2. The summed E-state index contributed by atoms with van der Waals surface area (Å²) in [6.07, 6.45) is 0. The molecule has 0 spiro atoms. The Bertz CT molecular complexity index is 726. The van der Waals surface area contributed by atoms with Crippen LogP contribution in [0.3, 0.4) is 0 Å². The third kappa shape index (κ3) is 4.59. The molecule has 0 saturated heterocycles. The highest BCUT2D eigenvalue weighted by Gasteiger charge is 2.25. The zero-order valence-corrected chi connectivity index (χ0v) is 14.7. The summed E-state index contributed by atoms with van der Waals surface area (Å²) in [5, 5.41) is 6.24. The number of halogens is 1. The van der Waals surface area contributed by atoms with Crippen LogP contribution in [0.25, 0.3) is 0 Å². The summed E-state index contributed by atoms with van der Waals surface area (Å²) in [6, 6.07) is 13.5. The quantitative estimate of drug-likeness (QED) is 0.860. The summed E-state index contributed by atoms with van der Waals surface area (Å²) in [6.45, 7) is 5.65. The standard InChI is InChI=1S/C19H21ClN2O2/c1-12(2)17(19(24)21-15-10-8-14(20)9-11-15)22-18(23)16-7-5-4-6-13(16)3/h4-12,17H,1-3H3,(H,21,24)(H,22,23). The summed E-state index contributed by atoms with van der Waals surface area (Å²) in [4.78, 5) is 25.0. The Hall–Kier alpha value is -2.33. The van der Waals surface area contributed by atoms with Crippen LogP contribution >= 0.6 is 11.6 Å². The Balaban J connectivity index is 2.11. The van der Waals surface area contributed by atoms with E-state index in [2.05, 4.69) is 10.6 Å². The molecule has 5 heteroatoms. The van der Waals surface area contributed by atoms with Crippen LogP contribution in [-0.4, -0.2) is 17.9 Å². The molecular weight excluding hydrogens is 324 g/mol. The van der Waals surface area contributed by atoms with Crippen molar-refractivity contribution in [2.45, 2.75) is 26.8 Å². The third-order valence-corrected chi connectivity index (χ3v) is 3.99. The highest BCUT2D eigenvalue weighted by molar-refractivity contribution is 6.30. The van der Waals surface area contributed by atoms with Crippen molar-refractivity contribution in [1.82, 2.24) is 5.32 Å². The summed E-state index contributed by atoms with van der Waals surface area (Å²) >= 11 is 5.84. The van der Waals surface area contributed by atoms with Gasteiger partial charge in [0, 0.05) is 16.3 Å². The number of benzene rings is 2. The van der Waals surface area contributed by atoms with Gasteiger partial charge in [-0.3, -0.25) is 9.59 Å². The first-order chi connectivity index (χ1) is 11.4. The van der Waals surface area contributed by atoms with E-state index in [1.54, 1.807) is 36.4 Å². The van der Waals surface area contributed by atoms with E-state index in [1.807, 2.05) is 32.9 Å². The summed E-state index contributed by atoms with van der Waals surface area (Å²) in [7, 11) is 0. The second-order valence-corrected chi connectivity index (χ2v) is 6.44. The maximum atomic E-state index is 12.5. The number of anilines is 1. The van der Waals surface area contributed by atoms with E-state index >= 15 is 0 Å². The van der Waals surface area contributed by atoms with Gasteiger partial charge in [-0.2, -0.15) is 0 Å². The molecule has 1 unspecified atom stereocenters. The molecule has 0 radical (unpaired) electrons. The number of rotatable bonds is 5. The van der Waals surface area contributed by atoms with Crippen molar-refractivity contribution in [3.63, 3.8) is 0 Å². The molecule has 4 nitrogen and oxygen atoms in total. The summed E-state index contributed by atoms with van der Waals surface area (Å²) in [5.74, 6) is -0.558.